The normalized spacial score (nSPS) is 11.1. The number of fused-ring (bicyclic) bond motifs is 1. The highest BCUT2D eigenvalue weighted by Crippen LogP contribution is 2.36. The molecule has 4 rings (SSSR count). The van der Waals surface area contributed by atoms with Gasteiger partial charge in [-0.3, -0.25) is 0 Å². The molecule has 0 aromatic heterocycles. The first kappa shape index (κ1) is 22.9. The Morgan fingerprint density at radius 2 is 1.71 bits per heavy atom. The Morgan fingerprint density at radius 1 is 0.941 bits per heavy atom. The standard InChI is InChI=1S/C31H27NO2/c1-3-11-26-18-24(19-27(21-32)29-17-10-15-25-14-8-9-16-28(25)29)20-30(33-4-2)31(26)34-22-23-12-6-5-7-13-23/h3,5-10,12-20H,1,4,11,22H2,2H3/b27-19+. The van der Waals surface area contributed by atoms with E-state index in [4.69, 9.17) is 9.47 Å². The maximum Gasteiger partial charge on any atom is 0.165 e. The van der Waals surface area contributed by atoms with Gasteiger partial charge in [0.15, 0.2) is 11.5 Å². The van der Waals surface area contributed by atoms with Gasteiger partial charge in [-0.1, -0.05) is 78.9 Å². The minimum Gasteiger partial charge on any atom is -0.490 e. The molecule has 0 fully saturated rings. The smallest absolute Gasteiger partial charge is 0.165 e. The van der Waals surface area contributed by atoms with Gasteiger partial charge in [-0.25, -0.2) is 0 Å². The molecule has 3 heteroatoms. The lowest BCUT2D eigenvalue weighted by Crippen LogP contribution is -2.03. The van der Waals surface area contributed by atoms with E-state index in [1.807, 2.05) is 91.9 Å². The first-order valence-corrected chi connectivity index (χ1v) is 11.4. The molecule has 0 atom stereocenters. The van der Waals surface area contributed by atoms with Crippen molar-refractivity contribution in [1.29, 1.82) is 5.26 Å². The highest BCUT2D eigenvalue weighted by Gasteiger charge is 2.14. The van der Waals surface area contributed by atoms with Crippen LogP contribution in [0.2, 0.25) is 0 Å². The van der Waals surface area contributed by atoms with Gasteiger partial charge in [-0.05, 0) is 53.5 Å². The third kappa shape index (κ3) is 5.19. The minimum absolute atomic E-state index is 0.444. The lowest BCUT2D eigenvalue weighted by Gasteiger charge is -2.17. The summed E-state index contributed by atoms with van der Waals surface area (Å²) in [6.45, 7) is 6.82. The number of rotatable bonds is 9. The predicted octanol–water partition coefficient (Wildman–Crippen LogP) is 7.61. The van der Waals surface area contributed by atoms with Crippen LogP contribution >= 0.6 is 0 Å². The SMILES string of the molecule is C=CCc1cc(/C=C(\C#N)c2cccc3ccccc23)cc(OCC)c1OCc1ccccc1. The van der Waals surface area contributed by atoms with Crippen LogP contribution in [0.4, 0.5) is 0 Å². The van der Waals surface area contributed by atoms with Crippen molar-refractivity contribution < 1.29 is 9.47 Å². The molecule has 0 aliphatic heterocycles. The van der Waals surface area contributed by atoms with Crippen molar-refractivity contribution in [2.45, 2.75) is 20.0 Å². The summed E-state index contributed by atoms with van der Waals surface area (Å²) in [5.41, 5.74) is 4.45. The lowest BCUT2D eigenvalue weighted by atomic mass is 9.96. The zero-order chi connectivity index (χ0) is 23.8. The van der Waals surface area contributed by atoms with Gasteiger partial charge < -0.3 is 9.47 Å². The summed E-state index contributed by atoms with van der Waals surface area (Å²) in [5, 5.41) is 12.2. The van der Waals surface area contributed by atoms with Gasteiger partial charge in [0.25, 0.3) is 0 Å². The summed E-state index contributed by atoms with van der Waals surface area (Å²) in [4.78, 5) is 0. The third-order valence-electron chi connectivity index (χ3n) is 5.56. The molecule has 0 saturated carbocycles. The first-order valence-electron chi connectivity index (χ1n) is 11.4. The van der Waals surface area contributed by atoms with Gasteiger partial charge in [0.1, 0.15) is 6.61 Å². The molecule has 3 nitrogen and oxygen atoms in total. The Labute approximate surface area is 201 Å². The Morgan fingerprint density at radius 3 is 2.47 bits per heavy atom. The second kappa shape index (κ2) is 11.0. The maximum absolute atomic E-state index is 10.0. The van der Waals surface area contributed by atoms with Gasteiger partial charge in [-0.2, -0.15) is 5.26 Å². The molecule has 4 aromatic carbocycles. The van der Waals surface area contributed by atoms with Crippen molar-refractivity contribution >= 4 is 22.4 Å². The number of nitriles is 1. The van der Waals surface area contributed by atoms with Crippen LogP contribution in [0.25, 0.3) is 22.4 Å². The molecule has 0 spiro atoms. The zero-order valence-corrected chi connectivity index (χ0v) is 19.3. The first-order chi connectivity index (χ1) is 16.7. The fraction of sp³-hybridized carbons (Fsp3) is 0.129. The van der Waals surface area contributed by atoms with Crippen molar-refractivity contribution in [3.8, 4) is 17.6 Å². The van der Waals surface area contributed by atoms with E-state index in [1.54, 1.807) is 0 Å². The number of benzene rings is 4. The second-order valence-electron chi connectivity index (χ2n) is 7.90. The van der Waals surface area contributed by atoms with Crippen molar-refractivity contribution in [1.82, 2.24) is 0 Å². The fourth-order valence-electron chi connectivity index (χ4n) is 4.03. The van der Waals surface area contributed by atoms with Crippen LogP contribution in [0.5, 0.6) is 11.5 Å². The van der Waals surface area contributed by atoms with Crippen LogP contribution in [0.15, 0.2) is 97.6 Å². The number of hydrogen-bond donors (Lipinski definition) is 0. The van der Waals surface area contributed by atoms with Gasteiger partial charge in [0.2, 0.25) is 0 Å². The van der Waals surface area contributed by atoms with E-state index < -0.39 is 0 Å². The van der Waals surface area contributed by atoms with Crippen molar-refractivity contribution in [3.63, 3.8) is 0 Å². The van der Waals surface area contributed by atoms with E-state index in [9.17, 15) is 5.26 Å². The number of ether oxygens (including phenoxy) is 2. The third-order valence-corrected chi connectivity index (χ3v) is 5.56. The predicted molar refractivity (Wildman–Crippen MR) is 140 cm³/mol. The molecule has 0 heterocycles. The summed E-state index contributed by atoms with van der Waals surface area (Å²) < 4.78 is 12.2. The van der Waals surface area contributed by atoms with E-state index in [-0.39, 0.29) is 0 Å². The molecule has 0 radical (unpaired) electrons. The topological polar surface area (TPSA) is 42.2 Å². The van der Waals surface area contributed by atoms with Gasteiger partial charge in [0, 0.05) is 11.1 Å². The quantitative estimate of drug-likeness (QED) is 0.151. The van der Waals surface area contributed by atoms with E-state index in [2.05, 4.69) is 24.8 Å². The largest absolute Gasteiger partial charge is 0.490 e. The van der Waals surface area contributed by atoms with Crippen LogP contribution in [-0.2, 0) is 13.0 Å². The molecule has 34 heavy (non-hydrogen) atoms. The summed E-state index contributed by atoms with van der Waals surface area (Å²) in [6.07, 6.45) is 4.39. The minimum atomic E-state index is 0.444. The summed E-state index contributed by atoms with van der Waals surface area (Å²) in [6, 6.07) is 30.6. The Kier molecular flexibility index (Phi) is 7.42. The van der Waals surface area contributed by atoms with E-state index >= 15 is 0 Å². The van der Waals surface area contributed by atoms with Crippen molar-refractivity contribution in [2.75, 3.05) is 6.61 Å². The molecule has 0 aliphatic carbocycles. The molecule has 0 unspecified atom stereocenters. The molecular formula is C31H27NO2. The number of hydrogen-bond acceptors (Lipinski definition) is 3. The average Bonchev–Trinajstić information content (AvgIpc) is 2.87. The molecule has 0 amide bonds. The molecule has 0 aliphatic rings. The number of allylic oxidation sites excluding steroid dienone is 2. The van der Waals surface area contributed by atoms with E-state index in [0.29, 0.717) is 36.7 Å². The van der Waals surface area contributed by atoms with Crippen LogP contribution < -0.4 is 9.47 Å². The lowest BCUT2D eigenvalue weighted by molar-refractivity contribution is 0.267. The van der Waals surface area contributed by atoms with Crippen LogP contribution in [0.3, 0.4) is 0 Å². The van der Waals surface area contributed by atoms with Crippen LogP contribution in [0, 0.1) is 11.3 Å². The zero-order valence-electron chi connectivity index (χ0n) is 19.3. The summed E-state index contributed by atoms with van der Waals surface area (Å²) in [5.74, 6) is 1.38. The number of nitrogens with zero attached hydrogens (tertiary/aromatic N) is 1. The molecule has 168 valence electrons. The van der Waals surface area contributed by atoms with Crippen LogP contribution in [-0.4, -0.2) is 6.61 Å². The van der Waals surface area contributed by atoms with Crippen LogP contribution in [0.1, 0.15) is 29.2 Å². The molecule has 0 saturated heterocycles. The summed E-state index contributed by atoms with van der Waals surface area (Å²) in [7, 11) is 0. The van der Waals surface area contributed by atoms with Gasteiger partial charge in [0.05, 0.1) is 18.2 Å². The molecule has 0 bridgehead atoms. The summed E-state index contributed by atoms with van der Waals surface area (Å²) >= 11 is 0. The fourth-order valence-corrected chi connectivity index (χ4v) is 4.03. The molecular weight excluding hydrogens is 418 g/mol. The van der Waals surface area contributed by atoms with Gasteiger partial charge in [-0.15, -0.1) is 6.58 Å². The molecule has 4 aromatic rings. The Balaban J connectivity index is 1.77. The van der Waals surface area contributed by atoms with E-state index in [1.165, 1.54) is 0 Å². The van der Waals surface area contributed by atoms with Gasteiger partial charge >= 0.3 is 0 Å². The highest BCUT2D eigenvalue weighted by atomic mass is 16.5. The highest BCUT2D eigenvalue weighted by molar-refractivity contribution is 6.01. The monoisotopic (exact) mass is 445 g/mol. The molecule has 0 N–H and O–H groups in total. The van der Waals surface area contributed by atoms with E-state index in [0.717, 1.165) is 33.0 Å². The van der Waals surface area contributed by atoms with Crippen molar-refractivity contribution in [2.24, 2.45) is 0 Å². The maximum atomic E-state index is 10.0. The Hall–Kier alpha value is -4.29. The Bertz CT molecular complexity index is 1360. The second-order valence-corrected chi connectivity index (χ2v) is 7.90. The van der Waals surface area contributed by atoms with Crippen molar-refractivity contribution in [3.05, 3.63) is 120 Å². The average molecular weight is 446 g/mol.